The highest BCUT2D eigenvalue weighted by Crippen LogP contribution is 2.35. The van der Waals surface area contributed by atoms with Gasteiger partial charge in [0.25, 0.3) is 11.6 Å². The van der Waals surface area contributed by atoms with Crippen LogP contribution in [0.1, 0.15) is 23.2 Å². The average molecular weight is 393 g/mol. The minimum absolute atomic E-state index is 0.0219. The van der Waals surface area contributed by atoms with Crippen molar-refractivity contribution in [3.05, 3.63) is 63.2 Å². The maximum atomic E-state index is 12.3. The van der Waals surface area contributed by atoms with E-state index in [4.69, 9.17) is 16.3 Å². The van der Waals surface area contributed by atoms with Crippen LogP contribution >= 0.6 is 23.4 Å². The molecular formula is C18H17ClN2O4S. The van der Waals surface area contributed by atoms with Crippen LogP contribution < -0.4 is 5.32 Å². The summed E-state index contributed by atoms with van der Waals surface area (Å²) in [6, 6.07) is 11.5. The van der Waals surface area contributed by atoms with Crippen molar-refractivity contribution in [3.63, 3.8) is 0 Å². The van der Waals surface area contributed by atoms with Crippen LogP contribution in [0.3, 0.4) is 0 Å². The van der Waals surface area contributed by atoms with Crippen molar-refractivity contribution < 1.29 is 14.5 Å². The molecule has 3 rings (SSSR count). The molecule has 0 aliphatic carbocycles. The monoisotopic (exact) mass is 392 g/mol. The number of ether oxygens (including phenoxy) is 1. The molecule has 6 nitrogen and oxygen atoms in total. The zero-order valence-corrected chi connectivity index (χ0v) is 15.4. The second-order valence-electron chi connectivity index (χ2n) is 5.84. The van der Waals surface area contributed by atoms with Gasteiger partial charge in [0.15, 0.2) is 0 Å². The summed E-state index contributed by atoms with van der Waals surface area (Å²) in [7, 11) is 0. The van der Waals surface area contributed by atoms with Crippen molar-refractivity contribution in [1.82, 2.24) is 5.32 Å². The van der Waals surface area contributed by atoms with Crippen LogP contribution in [0, 0.1) is 10.1 Å². The lowest BCUT2D eigenvalue weighted by Gasteiger charge is -2.11. The second kappa shape index (κ2) is 8.53. The van der Waals surface area contributed by atoms with Crippen LogP contribution in [0.25, 0.3) is 0 Å². The van der Waals surface area contributed by atoms with Crippen molar-refractivity contribution in [1.29, 1.82) is 0 Å². The summed E-state index contributed by atoms with van der Waals surface area (Å²) >= 11 is 7.11. The minimum atomic E-state index is -0.477. The van der Waals surface area contributed by atoms with Crippen LogP contribution in [0.4, 0.5) is 5.69 Å². The molecule has 2 aromatic carbocycles. The Morgan fingerprint density at radius 1 is 1.31 bits per heavy atom. The fraction of sp³-hybridized carbons (Fsp3) is 0.278. The number of carbonyl (C=O) groups excluding carboxylic acids is 1. The standard InChI is InChI=1S/C18H17ClN2O4S/c19-13-4-6-15(7-5-13)26-17-8-3-12(10-16(17)21(23)24)18(22)20-11-14-2-1-9-25-14/h3-8,10,14H,1-2,9,11H2,(H,20,22)/t14-/m0/s1. The maximum Gasteiger partial charge on any atom is 0.284 e. The Morgan fingerprint density at radius 2 is 2.08 bits per heavy atom. The van der Waals surface area contributed by atoms with E-state index in [0.29, 0.717) is 23.1 Å². The molecule has 1 saturated heterocycles. The molecule has 2 aromatic rings. The Labute approximate surface area is 160 Å². The fourth-order valence-corrected chi connectivity index (χ4v) is 3.66. The van der Waals surface area contributed by atoms with Gasteiger partial charge < -0.3 is 10.1 Å². The summed E-state index contributed by atoms with van der Waals surface area (Å²) in [6.45, 7) is 1.12. The number of rotatable bonds is 6. The zero-order valence-electron chi connectivity index (χ0n) is 13.8. The first-order valence-electron chi connectivity index (χ1n) is 8.14. The molecule has 0 saturated carbocycles. The number of carbonyl (C=O) groups is 1. The van der Waals surface area contributed by atoms with Gasteiger partial charge in [-0.3, -0.25) is 14.9 Å². The molecule has 1 amide bonds. The number of nitro benzene ring substituents is 1. The van der Waals surface area contributed by atoms with E-state index in [1.807, 2.05) is 0 Å². The van der Waals surface area contributed by atoms with E-state index in [0.717, 1.165) is 17.7 Å². The lowest BCUT2D eigenvalue weighted by Crippen LogP contribution is -2.31. The number of hydrogen-bond donors (Lipinski definition) is 1. The largest absolute Gasteiger partial charge is 0.376 e. The molecule has 1 N–H and O–H groups in total. The van der Waals surface area contributed by atoms with Crippen molar-refractivity contribution in [3.8, 4) is 0 Å². The van der Waals surface area contributed by atoms with Crippen molar-refractivity contribution in [2.45, 2.75) is 28.7 Å². The van der Waals surface area contributed by atoms with Crippen LogP contribution in [-0.4, -0.2) is 30.1 Å². The normalized spacial score (nSPS) is 16.4. The van der Waals surface area contributed by atoms with Gasteiger partial charge in [-0.2, -0.15) is 0 Å². The maximum absolute atomic E-state index is 12.3. The van der Waals surface area contributed by atoms with Gasteiger partial charge in [0.2, 0.25) is 0 Å². The predicted octanol–water partition coefficient (Wildman–Crippen LogP) is 4.31. The predicted molar refractivity (Wildman–Crippen MR) is 100.0 cm³/mol. The average Bonchev–Trinajstić information content (AvgIpc) is 3.15. The summed E-state index contributed by atoms with van der Waals surface area (Å²) in [4.78, 5) is 24.5. The quantitative estimate of drug-likeness (QED) is 0.585. The van der Waals surface area contributed by atoms with Gasteiger partial charge in [-0.1, -0.05) is 23.4 Å². The van der Waals surface area contributed by atoms with Gasteiger partial charge in [0.1, 0.15) is 0 Å². The van der Waals surface area contributed by atoms with E-state index in [1.54, 1.807) is 36.4 Å². The molecule has 26 heavy (non-hydrogen) atoms. The Balaban J connectivity index is 1.74. The second-order valence-corrected chi connectivity index (χ2v) is 7.39. The summed E-state index contributed by atoms with van der Waals surface area (Å²) in [5, 5.41) is 14.8. The van der Waals surface area contributed by atoms with Gasteiger partial charge in [0.05, 0.1) is 15.9 Å². The molecule has 0 aromatic heterocycles. The number of nitrogens with zero attached hydrogens (tertiary/aromatic N) is 1. The van der Waals surface area contributed by atoms with E-state index in [9.17, 15) is 14.9 Å². The molecule has 136 valence electrons. The molecule has 0 unspecified atom stereocenters. The van der Waals surface area contributed by atoms with E-state index in [2.05, 4.69) is 5.32 Å². The summed E-state index contributed by atoms with van der Waals surface area (Å²) in [5.41, 5.74) is 0.157. The number of nitro groups is 1. The Hall–Kier alpha value is -2.09. The highest BCUT2D eigenvalue weighted by molar-refractivity contribution is 7.99. The van der Waals surface area contributed by atoms with Crippen molar-refractivity contribution >= 4 is 35.0 Å². The third kappa shape index (κ3) is 4.75. The highest BCUT2D eigenvalue weighted by Gasteiger charge is 2.20. The van der Waals surface area contributed by atoms with Gasteiger partial charge in [0, 0.05) is 34.7 Å². The topological polar surface area (TPSA) is 81.5 Å². The minimum Gasteiger partial charge on any atom is -0.376 e. The van der Waals surface area contributed by atoms with E-state index < -0.39 is 4.92 Å². The van der Waals surface area contributed by atoms with Crippen LogP contribution in [0.15, 0.2) is 52.3 Å². The van der Waals surface area contributed by atoms with Gasteiger partial charge in [-0.05, 0) is 49.2 Å². The molecular weight excluding hydrogens is 376 g/mol. The molecule has 0 spiro atoms. The van der Waals surface area contributed by atoms with Crippen molar-refractivity contribution in [2.75, 3.05) is 13.2 Å². The van der Waals surface area contributed by atoms with E-state index >= 15 is 0 Å². The molecule has 1 fully saturated rings. The van der Waals surface area contributed by atoms with Gasteiger partial charge >= 0.3 is 0 Å². The van der Waals surface area contributed by atoms with Crippen LogP contribution in [-0.2, 0) is 4.74 Å². The molecule has 1 heterocycles. The SMILES string of the molecule is O=C(NC[C@@H]1CCCO1)c1ccc(Sc2ccc(Cl)cc2)c([N+](=O)[O-])c1. The fourth-order valence-electron chi connectivity index (χ4n) is 2.63. The van der Waals surface area contributed by atoms with E-state index in [1.165, 1.54) is 17.8 Å². The number of hydrogen-bond acceptors (Lipinski definition) is 5. The zero-order chi connectivity index (χ0) is 18.5. The Bertz CT molecular complexity index is 807. The number of amides is 1. The number of halogens is 1. The van der Waals surface area contributed by atoms with Crippen molar-refractivity contribution in [2.24, 2.45) is 0 Å². The summed E-state index contributed by atoms with van der Waals surface area (Å²) in [6.07, 6.45) is 1.92. The summed E-state index contributed by atoms with van der Waals surface area (Å²) < 4.78 is 5.46. The van der Waals surface area contributed by atoms with Crippen LogP contribution in [0.5, 0.6) is 0 Å². The molecule has 8 heteroatoms. The van der Waals surface area contributed by atoms with Crippen LogP contribution in [0.2, 0.25) is 5.02 Å². The van der Waals surface area contributed by atoms with Gasteiger partial charge in [-0.25, -0.2) is 0 Å². The van der Waals surface area contributed by atoms with E-state index in [-0.39, 0.29) is 23.3 Å². The first kappa shape index (κ1) is 18.7. The third-order valence-electron chi connectivity index (χ3n) is 3.97. The molecule has 0 radical (unpaired) electrons. The Morgan fingerprint density at radius 3 is 2.73 bits per heavy atom. The molecule has 0 bridgehead atoms. The summed E-state index contributed by atoms with van der Waals surface area (Å²) in [5.74, 6) is -0.341. The first-order valence-corrected chi connectivity index (χ1v) is 9.34. The lowest BCUT2D eigenvalue weighted by atomic mass is 10.2. The highest BCUT2D eigenvalue weighted by atomic mass is 35.5. The Kier molecular flexibility index (Phi) is 6.13. The third-order valence-corrected chi connectivity index (χ3v) is 5.30. The lowest BCUT2D eigenvalue weighted by molar-refractivity contribution is -0.387. The smallest absolute Gasteiger partial charge is 0.284 e. The molecule has 1 aliphatic heterocycles. The van der Waals surface area contributed by atoms with Gasteiger partial charge in [-0.15, -0.1) is 0 Å². The number of benzene rings is 2. The molecule has 1 atom stereocenters. The number of nitrogens with one attached hydrogen (secondary N) is 1. The first-order chi connectivity index (χ1) is 12.5. The molecule has 1 aliphatic rings.